The lowest BCUT2D eigenvalue weighted by atomic mass is 10.3. The molecule has 106 valence electrons. The van der Waals surface area contributed by atoms with Gasteiger partial charge in [0.15, 0.2) is 0 Å². The second-order valence-corrected chi connectivity index (χ2v) is 5.82. The van der Waals surface area contributed by atoms with Gasteiger partial charge in [0.1, 0.15) is 22.3 Å². The first kappa shape index (κ1) is 14.5. The summed E-state index contributed by atoms with van der Waals surface area (Å²) in [6.45, 7) is 0. The molecule has 0 atom stereocenters. The van der Waals surface area contributed by atoms with Crippen LogP contribution in [0, 0.1) is 11.6 Å². The molecule has 0 saturated carbocycles. The first-order chi connectivity index (χ1) is 9.29. The highest BCUT2D eigenvalue weighted by Crippen LogP contribution is 2.31. The van der Waals surface area contributed by atoms with Crippen molar-refractivity contribution in [3.05, 3.63) is 47.2 Å². The third-order valence-electron chi connectivity index (χ3n) is 2.27. The minimum absolute atomic E-state index is 0.333. The van der Waals surface area contributed by atoms with E-state index in [1.165, 1.54) is 0 Å². The van der Waals surface area contributed by atoms with Gasteiger partial charge < -0.3 is 5.11 Å². The summed E-state index contributed by atoms with van der Waals surface area (Å²) >= 11 is 5.49. The SMILES string of the molecule is O=S(=O)(Nc1cc(Cl)c(F)cc1O)c1cncc(F)c1. The van der Waals surface area contributed by atoms with Crippen molar-refractivity contribution in [3.8, 4) is 5.75 Å². The van der Waals surface area contributed by atoms with Crippen LogP contribution in [0.4, 0.5) is 14.5 Å². The van der Waals surface area contributed by atoms with Crippen LogP contribution in [0.2, 0.25) is 5.02 Å². The van der Waals surface area contributed by atoms with Crippen LogP contribution in [0.25, 0.3) is 0 Å². The monoisotopic (exact) mass is 320 g/mol. The van der Waals surface area contributed by atoms with Crippen molar-refractivity contribution < 1.29 is 22.3 Å². The number of anilines is 1. The average molecular weight is 321 g/mol. The lowest BCUT2D eigenvalue weighted by Crippen LogP contribution is -2.13. The molecule has 0 saturated heterocycles. The summed E-state index contributed by atoms with van der Waals surface area (Å²) in [5, 5.41) is 9.09. The number of phenolic OH excluding ortho intramolecular Hbond substituents is 1. The number of aromatic hydroxyl groups is 1. The molecule has 1 heterocycles. The Morgan fingerprint density at radius 3 is 2.55 bits per heavy atom. The van der Waals surface area contributed by atoms with Crippen LogP contribution in [0.1, 0.15) is 0 Å². The molecule has 0 aliphatic carbocycles. The normalized spacial score (nSPS) is 11.3. The van der Waals surface area contributed by atoms with Crippen molar-refractivity contribution in [2.24, 2.45) is 0 Å². The summed E-state index contributed by atoms with van der Waals surface area (Å²) in [5.41, 5.74) is -0.333. The molecule has 0 bridgehead atoms. The Balaban J connectivity index is 2.41. The van der Waals surface area contributed by atoms with Crippen molar-refractivity contribution in [2.45, 2.75) is 4.90 Å². The lowest BCUT2D eigenvalue weighted by molar-refractivity contribution is 0.471. The fraction of sp³-hybridized carbons (Fsp3) is 0. The van der Waals surface area contributed by atoms with Gasteiger partial charge in [0, 0.05) is 12.3 Å². The average Bonchev–Trinajstić information content (AvgIpc) is 2.36. The van der Waals surface area contributed by atoms with Gasteiger partial charge in [-0.1, -0.05) is 11.6 Å². The van der Waals surface area contributed by atoms with Crippen LogP contribution in [-0.4, -0.2) is 18.5 Å². The van der Waals surface area contributed by atoms with E-state index in [0.717, 1.165) is 24.5 Å². The Kier molecular flexibility index (Phi) is 3.78. The zero-order valence-corrected chi connectivity index (χ0v) is 11.2. The molecule has 0 radical (unpaired) electrons. The highest BCUT2D eigenvalue weighted by atomic mass is 35.5. The molecule has 20 heavy (non-hydrogen) atoms. The summed E-state index contributed by atoms with van der Waals surface area (Å²) in [4.78, 5) is 2.96. The Morgan fingerprint density at radius 2 is 1.90 bits per heavy atom. The molecule has 0 unspecified atom stereocenters. The van der Waals surface area contributed by atoms with Gasteiger partial charge in [-0.15, -0.1) is 0 Å². The predicted molar refractivity (Wildman–Crippen MR) is 68.1 cm³/mol. The number of phenols is 1. The number of halogens is 3. The van der Waals surface area contributed by atoms with Crippen LogP contribution in [0.3, 0.4) is 0 Å². The van der Waals surface area contributed by atoms with Crippen LogP contribution < -0.4 is 4.72 Å². The molecule has 2 N–H and O–H groups in total. The molecule has 1 aromatic heterocycles. The van der Waals surface area contributed by atoms with Gasteiger partial charge in [0.2, 0.25) is 0 Å². The Labute approximate surface area is 117 Å². The number of nitrogens with one attached hydrogen (secondary N) is 1. The number of rotatable bonds is 3. The maximum Gasteiger partial charge on any atom is 0.263 e. The fourth-order valence-electron chi connectivity index (χ4n) is 1.36. The summed E-state index contributed by atoms with van der Waals surface area (Å²) in [6.07, 6.45) is 1.76. The molecule has 2 aromatic rings. The molecular formula is C11H7ClF2N2O3S. The van der Waals surface area contributed by atoms with E-state index in [1.807, 2.05) is 4.72 Å². The summed E-state index contributed by atoms with van der Waals surface area (Å²) in [7, 11) is -4.18. The summed E-state index contributed by atoms with van der Waals surface area (Å²) in [5.74, 6) is -2.39. The van der Waals surface area contributed by atoms with E-state index < -0.39 is 32.3 Å². The van der Waals surface area contributed by atoms with Gasteiger partial charge in [-0.3, -0.25) is 9.71 Å². The molecule has 1 aromatic carbocycles. The van der Waals surface area contributed by atoms with E-state index in [0.29, 0.717) is 6.07 Å². The van der Waals surface area contributed by atoms with Crippen LogP contribution >= 0.6 is 11.6 Å². The number of benzene rings is 1. The second-order valence-electron chi connectivity index (χ2n) is 3.73. The van der Waals surface area contributed by atoms with E-state index in [2.05, 4.69) is 4.98 Å². The number of hydrogen-bond acceptors (Lipinski definition) is 4. The second kappa shape index (κ2) is 5.22. The third-order valence-corrected chi connectivity index (χ3v) is 3.90. The van der Waals surface area contributed by atoms with E-state index in [4.69, 9.17) is 11.6 Å². The number of nitrogens with zero attached hydrogens (tertiary/aromatic N) is 1. The predicted octanol–water partition coefficient (Wildman–Crippen LogP) is 2.52. The highest BCUT2D eigenvalue weighted by Gasteiger charge is 2.18. The van der Waals surface area contributed by atoms with Crippen molar-refractivity contribution in [1.82, 2.24) is 4.98 Å². The lowest BCUT2D eigenvalue weighted by Gasteiger charge is -2.10. The minimum atomic E-state index is -4.18. The van der Waals surface area contributed by atoms with Gasteiger partial charge in [0.25, 0.3) is 10.0 Å². The van der Waals surface area contributed by atoms with Gasteiger partial charge in [0.05, 0.1) is 16.9 Å². The molecule has 0 aliphatic heterocycles. The quantitative estimate of drug-likeness (QED) is 0.852. The Bertz CT molecular complexity index is 768. The maximum absolute atomic E-state index is 13.0. The highest BCUT2D eigenvalue weighted by molar-refractivity contribution is 7.92. The standard InChI is InChI=1S/C11H7ClF2N2O3S/c12-8-2-10(11(17)3-9(8)14)16-20(18,19)7-1-6(13)4-15-5-7/h1-5,16-17H. The van der Waals surface area contributed by atoms with E-state index in [-0.39, 0.29) is 10.7 Å². The van der Waals surface area contributed by atoms with Crippen molar-refractivity contribution in [3.63, 3.8) is 0 Å². The molecule has 0 amide bonds. The minimum Gasteiger partial charge on any atom is -0.506 e. The van der Waals surface area contributed by atoms with Gasteiger partial charge in [-0.2, -0.15) is 0 Å². The topological polar surface area (TPSA) is 79.3 Å². The molecular weight excluding hydrogens is 314 g/mol. The zero-order valence-electron chi connectivity index (χ0n) is 9.64. The Hall–Kier alpha value is -1.93. The first-order valence-electron chi connectivity index (χ1n) is 5.11. The van der Waals surface area contributed by atoms with Crippen LogP contribution in [0.15, 0.2) is 35.5 Å². The molecule has 0 aliphatic rings. The molecule has 9 heteroatoms. The van der Waals surface area contributed by atoms with E-state index in [9.17, 15) is 22.3 Å². The number of pyridine rings is 1. The molecule has 0 spiro atoms. The number of sulfonamides is 1. The van der Waals surface area contributed by atoms with Crippen LogP contribution in [-0.2, 0) is 10.0 Å². The van der Waals surface area contributed by atoms with Crippen molar-refractivity contribution >= 4 is 27.3 Å². The fourth-order valence-corrected chi connectivity index (χ4v) is 2.56. The first-order valence-corrected chi connectivity index (χ1v) is 6.97. The smallest absolute Gasteiger partial charge is 0.263 e. The van der Waals surface area contributed by atoms with Gasteiger partial charge in [-0.25, -0.2) is 17.2 Å². The van der Waals surface area contributed by atoms with Crippen molar-refractivity contribution in [1.29, 1.82) is 0 Å². The maximum atomic E-state index is 13.0. The van der Waals surface area contributed by atoms with Crippen molar-refractivity contribution in [2.75, 3.05) is 4.72 Å². The zero-order chi connectivity index (χ0) is 14.9. The van der Waals surface area contributed by atoms with Crippen LogP contribution in [0.5, 0.6) is 5.75 Å². The van der Waals surface area contributed by atoms with E-state index >= 15 is 0 Å². The summed E-state index contributed by atoms with van der Waals surface area (Å²) in [6, 6.07) is 2.30. The molecule has 5 nitrogen and oxygen atoms in total. The summed E-state index contributed by atoms with van der Waals surface area (Å²) < 4.78 is 51.8. The van der Waals surface area contributed by atoms with E-state index in [1.54, 1.807) is 0 Å². The number of hydrogen-bond donors (Lipinski definition) is 2. The molecule has 0 fully saturated rings. The molecule has 2 rings (SSSR count). The van der Waals surface area contributed by atoms with Gasteiger partial charge >= 0.3 is 0 Å². The van der Waals surface area contributed by atoms with Gasteiger partial charge in [-0.05, 0) is 12.1 Å². The number of aromatic nitrogens is 1. The Morgan fingerprint density at radius 1 is 1.20 bits per heavy atom. The largest absolute Gasteiger partial charge is 0.506 e. The third kappa shape index (κ3) is 2.97.